The van der Waals surface area contributed by atoms with Crippen LogP contribution < -0.4 is 20.3 Å². The van der Waals surface area contributed by atoms with E-state index in [1.807, 2.05) is 30.3 Å². The first-order valence-electron chi connectivity index (χ1n) is 13.2. The van der Waals surface area contributed by atoms with Gasteiger partial charge in [0.15, 0.2) is 11.6 Å². The summed E-state index contributed by atoms with van der Waals surface area (Å²) < 4.78 is 52.7. The molecule has 0 radical (unpaired) electrons. The average molecular weight is 653 g/mol. The Morgan fingerprint density at radius 1 is 0.682 bits per heavy atom. The first kappa shape index (κ1) is 32.8. The maximum atomic E-state index is 12.0. The summed E-state index contributed by atoms with van der Waals surface area (Å²) in [7, 11) is -4.35. The summed E-state index contributed by atoms with van der Waals surface area (Å²) in [5, 5.41) is 8.88. The van der Waals surface area contributed by atoms with Crippen LogP contribution in [0.2, 0.25) is 0 Å². The molecule has 4 rings (SSSR count). The Hall–Kier alpha value is -4.15. The van der Waals surface area contributed by atoms with E-state index in [-0.39, 0.29) is 9.79 Å². The molecule has 0 fully saturated rings. The largest absolute Gasteiger partial charge is 0.261 e. The normalized spacial score (nSPS) is 12.6. The van der Waals surface area contributed by atoms with Crippen molar-refractivity contribution >= 4 is 54.9 Å². The number of thioether (sulfide) groups is 1. The second-order valence-electron chi connectivity index (χ2n) is 9.24. The number of nitrogens with one attached hydrogen (secondary N) is 4. The Bertz CT molecular complexity index is 1750. The fourth-order valence-corrected chi connectivity index (χ4v) is 5.97. The molecule has 1 heterocycles. The van der Waals surface area contributed by atoms with Gasteiger partial charge in [0, 0.05) is 11.0 Å². The summed E-state index contributed by atoms with van der Waals surface area (Å²) in [6.07, 6.45) is 0. The standard InChI is InChI=1S/C29H32N8O4S3/c1-20(22-10-14-25(15-11-22)43(38,39)30-3)34-36-27-18-28(33-29(32-27)19-42-24-8-6-5-7-9-24)37-35-21(2)23-12-16-26(17-13-23)44(40,41)31-4/h5-18,30-31H,19H2,1-4H3,(H2,32,33,36,37). The van der Waals surface area contributed by atoms with Crippen molar-refractivity contribution in [2.45, 2.75) is 34.3 Å². The fourth-order valence-electron chi connectivity index (χ4n) is 3.74. The molecule has 0 aliphatic heterocycles. The summed E-state index contributed by atoms with van der Waals surface area (Å²) in [6, 6.07) is 24.3. The Kier molecular flexibility index (Phi) is 10.8. The van der Waals surface area contributed by atoms with E-state index in [0.717, 1.165) is 16.0 Å². The van der Waals surface area contributed by atoms with Gasteiger partial charge >= 0.3 is 0 Å². The van der Waals surface area contributed by atoms with Crippen molar-refractivity contribution in [3.63, 3.8) is 0 Å². The van der Waals surface area contributed by atoms with Gasteiger partial charge in [-0.15, -0.1) is 11.8 Å². The zero-order valence-electron chi connectivity index (χ0n) is 24.4. The minimum absolute atomic E-state index is 0.159. The number of anilines is 2. The molecule has 0 aliphatic carbocycles. The predicted molar refractivity (Wildman–Crippen MR) is 175 cm³/mol. The lowest BCUT2D eigenvalue weighted by molar-refractivity contribution is 0.586. The van der Waals surface area contributed by atoms with Crippen molar-refractivity contribution in [3.05, 3.63) is 102 Å². The van der Waals surface area contributed by atoms with E-state index in [2.05, 4.69) is 40.5 Å². The molecule has 3 aromatic carbocycles. The van der Waals surface area contributed by atoms with E-state index in [4.69, 9.17) is 0 Å². The summed E-state index contributed by atoms with van der Waals surface area (Å²) in [5.74, 6) is 1.88. The molecule has 4 N–H and O–H groups in total. The van der Waals surface area contributed by atoms with E-state index < -0.39 is 20.0 Å². The third kappa shape index (κ3) is 8.70. The summed E-state index contributed by atoms with van der Waals surface area (Å²) in [5.41, 5.74) is 8.63. The highest BCUT2D eigenvalue weighted by Gasteiger charge is 2.13. The molecular formula is C29H32N8O4S3. The lowest BCUT2D eigenvalue weighted by Gasteiger charge is -2.10. The van der Waals surface area contributed by atoms with Crippen LogP contribution in [0, 0.1) is 0 Å². The number of nitrogens with zero attached hydrogens (tertiary/aromatic N) is 4. The van der Waals surface area contributed by atoms with Crippen LogP contribution in [0.5, 0.6) is 0 Å². The monoisotopic (exact) mass is 652 g/mol. The number of hydrogen-bond donors (Lipinski definition) is 4. The molecule has 0 amide bonds. The van der Waals surface area contributed by atoms with Gasteiger partial charge in [-0.05, 0) is 75.5 Å². The van der Waals surface area contributed by atoms with Crippen LogP contribution in [0.1, 0.15) is 30.8 Å². The van der Waals surface area contributed by atoms with Crippen molar-refractivity contribution in [1.82, 2.24) is 19.4 Å². The van der Waals surface area contributed by atoms with Crippen molar-refractivity contribution in [3.8, 4) is 0 Å². The Labute approximate surface area is 261 Å². The minimum atomic E-state index is -3.54. The SMILES string of the molecule is CNS(=O)(=O)c1ccc(C(C)=NNc2cc(NN=C(C)c3ccc(S(=O)(=O)NC)cc3)nc(CSc3ccccc3)n2)cc1. The van der Waals surface area contributed by atoms with Crippen molar-refractivity contribution < 1.29 is 16.8 Å². The van der Waals surface area contributed by atoms with Crippen LogP contribution >= 0.6 is 11.8 Å². The van der Waals surface area contributed by atoms with Crippen molar-refractivity contribution in [2.24, 2.45) is 10.2 Å². The van der Waals surface area contributed by atoms with Crippen LogP contribution in [0.3, 0.4) is 0 Å². The van der Waals surface area contributed by atoms with Crippen LogP contribution in [0.15, 0.2) is 110 Å². The highest BCUT2D eigenvalue weighted by Crippen LogP contribution is 2.23. The van der Waals surface area contributed by atoms with E-state index >= 15 is 0 Å². The third-order valence-electron chi connectivity index (χ3n) is 6.26. The molecule has 44 heavy (non-hydrogen) atoms. The van der Waals surface area contributed by atoms with E-state index in [1.54, 1.807) is 55.9 Å². The second-order valence-corrected chi connectivity index (χ2v) is 14.1. The zero-order chi connectivity index (χ0) is 31.7. The number of hydrogen-bond acceptors (Lipinski definition) is 11. The average Bonchev–Trinajstić information content (AvgIpc) is 3.05. The van der Waals surface area contributed by atoms with Crippen LogP contribution in [0.4, 0.5) is 11.6 Å². The maximum absolute atomic E-state index is 12.0. The molecule has 12 nitrogen and oxygen atoms in total. The lowest BCUT2D eigenvalue weighted by atomic mass is 10.1. The number of rotatable bonds is 13. The van der Waals surface area contributed by atoms with Gasteiger partial charge in [0.1, 0.15) is 5.82 Å². The quantitative estimate of drug-likeness (QED) is 0.0938. The third-order valence-corrected chi connectivity index (χ3v) is 10.1. The Morgan fingerprint density at radius 3 is 1.52 bits per heavy atom. The number of benzene rings is 3. The molecule has 0 aliphatic rings. The summed E-state index contributed by atoms with van der Waals surface area (Å²) in [6.45, 7) is 3.59. The summed E-state index contributed by atoms with van der Waals surface area (Å²) >= 11 is 1.58. The zero-order valence-corrected chi connectivity index (χ0v) is 26.9. The van der Waals surface area contributed by atoms with Gasteiger partial charge in [0.05, 0.1) is 27.0 Å². The minimum Gasteiger partial charge on any atom is -0.261 e. The molecule has 0 spiro atoms. The number of hydrazone groups is 2. The number of aromatic nitrogens is 2. The van der Waals surface area contributed by atoms with Gasteiger partial charge in [-0.25, -0.2) is 36.2 Å². The van der Waals surface area contributed by atoms with Crippen molar-refractivity contribution in [1.29, 1.82) is 0 Å². The first-order valence-corrected chi connectivity index (χ1v) is 17.2. The van der Waals surface area contributed by atoms with Crippen LogP contribution in [0.25, 0.3) is 0 Å². The van der Waals surface area contributed by atoms with Crippen LogP contribution in [-0.2, 0) is 25.8 Å². The van der Waals surface area contributed by atoms with E-state index in [9.17, 15) is 16.8 Å². The molecule has 0 unspecified atom stereocenters. The summed E-state index contributed by atoms with van der Waals surface area (Å²) in [4.78, 5) is 10.6. The highest BCUT2D eigenvalue weighted by molar-refractivity contribution is 7.98. The van der Waals surface area contributed by atoms with Gasteiger partial charge in [-0.1, -0.05) is 42.5 Å². The molecule has 4 aromatic rings. The van der Waals surface area contributed by atoms with Gasteiger partial charge in [0.2, 0.25) is 20.0 Å². The fraction of sp³-hybridized carbons (Fsp3) is 0.172. The predicted octanol–water partition coefficient (Wildman–Crippen LogP) is 4.26. The van der Waals surface area contributed by atoms with Gasteiger partial charge in [-0.3, -0.25) is 10.9 Å². The topological polar surface area (TPSA) is 167 Å². The molecule has 15 heteroatoms. The molecule has 0 atom stereocenters. The molecule has 1 aromatic heterocycles. The second kappa shape index (κ2) is 14.5. The lowest BCUT2D eigenvalue weighted by Crippen LogP contribution is -2.18. The Balaban J connectivity index is 1.55. The van der Waals surface area contributed by atoms with E-state index in [0.29, 0.717) is 34.6 Å². The highest BCUT2D eigenvalue weighted by atomic mass is 32.2. The van der Waals surface area contributed by atoms with Crippen molar-refractivity contribution in [2.75, 3.05) is 24.9 Å². The van der Waals surface area contributed by atoms with Crippen LogP contribution in [-0.4, -0.2) is 52.3 Å². The van der Waals surface area contributed by atoms with Gasteiger partial charge < -0.3 is 0 Å². The first-order chi connectivity index (χ1) is 21.0. The molecule has 0 saturated carbocycles. The molecule has 230 valence electrons. The smallest absolute Gasteiger partial charge is 0.240 e. The van der Waals surface area contributed by atoms with Gasteiger partial charge in [0.25, 0.3) is 0 Å². The maximum Gasteiger partial charge on any atom is 0.240 e. The van der Waals surface area contributed by atoms with E-state index in [1.165, 1.54) is 38.4 Å². The molecule has 0 bridgehead atoms. The molecular weight excluding hydrogens is 621 g/mol. The Morgan fingerprint density at radius 2 is 1.11 bits per heavy atom. The molecule has 0 saturated heterocycles. The number of sulfonamides is 2. The van der Waals surface area contributed by atoms with Gasteiger partial charge in [-0.2, -0.15) is 10.2 Å².